The monoisotopic (exact) mass is 320 g/mol. The van der Waals surface area contributed by atoms with E-state index in [9.17, 15) is 10.2 Å². The second-order valence-corrected chi connectivity index (χ2v) is 7.31. The summed E-state index contributed by atoms with van der Waals surface area (Å²) in [5, 5.41) is 25.6. The molecule has 0 aromatic carbocycles. The highest BCUT2D eigenvalue weighted by Crippen LogP contribution is 2.14. The Bertz CT molecular complexity index is 280. The van der Waals surface area contributed by atoms with Crippen LogP contribution in [-0.4, -0.2) is 73.5 Å². The van der Waals surface area contributed by atoms with Crippen molar-refractivity contribution in [1.29, 1.82) is 0 Å². The summed E-state index contributed by atoms with van der Waals surface area (Å²) >= 11 is 0. The van der Waals surface area contributed by atoms with E-state index in [0.717, 1.165) is 13.0 Å². The van der Waals surface area contributed by atoms with Gasteiger partial charge in [0.15, 0.2) is 0 Å². The lowest BCUT2D eigenvalue weighted by molar-refractivity contribution is -0.0631. The number of ether oxygens (including phenoxy) is 2. The van der Waals surface area contributed by atoms with E-state index in [4.69, 9.17) is 9.47 Å². The Labute approximate surface area is 135 Å². The van der Waals surface area contributed by atoms with Crippen LogP contribution in [0.5, 0.6) is 0 Å². The van der Waals surface area contributed by atoms with E-state index in [1.54, 1.807) is 7.05 Å². The van der Waals surface area contributed by atoms with Gasteiger partial charge in [-0.25, -0.2) is 0 Å². The minimum Gasteiger partial charge on any atom is -0.389 e. The van der Waals surface area contributed by atoms with Crippen molar-refractivity contribution in [1.82, 2.24) is 10.6 Å². The lowest BCUT2D eigenvalue weighted by Gasteiger charge is -2.27. The summed E-state index contributed by atoms with van der Waals surface area (Å²) in [6.45, 7) is 12.3. The molecule has 22 heavy (non-hydrogen) atoms. The second kappa shape index (κ2) is 10.5. The molecule has 2 atom stereocenters. The first-order chi connectivity index (χ1) is 10.1. The first kappa shape index (κ1) is 21.8. The van der Waals surface area contributed by atoms with Gasteiger partial charge in [-0.1, -0.05) is 0 Å². The maximum absolute atomic E-state index is 9.82. The van der Waals surface area contributed by atoms with Gasteiger partial charge in [-0.3, -0.25) is 0 Å². The van der Waals surface area contributed by atoms with Gasteiger partial charge in [-0.2, -0.15) is 0 Å². The third-order valence-corrected chi connectivity index (χ3v) is 3.10. The van der Waals surface area contributed by atoms with E-state index in [0.29, 0.717) is 26.3 Å². The zero-order valence-electron chi connectivity index (χ0n) is 15.1. The summed E-state index contributed by atoms with van der Waals surface area (Å²) in [5.74, 6) is 0. The van der Waals surface area contributed by atoms with Crippen LogP contribution in [0.3, 0.4) is 0 Å². The maximum atomic E-state index is 9.82. The number of likely N-dealkylation sites (N-methyl/N-ethyl adjacent to an activating group) is 1. The van der Waals surface area contributed by atoms with Crippen LogP contribution in [-0.2, 0) is 9.47 Å². The van der Waals surface area contributed by atoms with Gasteiger partial charge >= 0.3 is 0 Å². The molecule has 0 amide bonds. The molecule has 0 saturated carbocycles. The fraction of sp³-hybridized carbons (Fsp3) is 1.00. The lowest BCUT2D eigenvalue weighted by atomic mass is 10.1. The molecule has 4 N–H and O–H groups in total. The third kappa shape index (κ3) is 13.4. The molecule has 0 heterocycles. The highest BCUT2D eigenvalue weighted by atomic mass is 16.5. The summed E-state index contributed by atoms with van der Waals surface area (Å²) in [5.41, 5.74) is -0.542. The van der Waals surface area contributed by atoms with Crippen molar-refractivity contribution in [2.45, 2.75) is 64.4 Å². The summed E-state index contributed by atoms with van der Waals surface area (Å²) in [6.07, 6.45) is -0.208. The first-order valence-electron chi connectivity index (χ1n) is 8.05. The van der Waals surface area contributed by atoms with Gasteiger partial charge in [0.1, 0.15) is 0 Å². The Hall–Kier alpha value is -0.240. The average molecular weight is 320 g/mol. The fourth-order valence-corrected chi connectivity index (χ4v) is 1.75. The molecule has 6 heteroatoms. The van der Waals surface area contributed by atoms with Gasteiger partial charge in [-0.05, 0) is 54.6 Å². The second-order valence-electron chi connectivity index (χ2n) is 7.31. The van der Waals surface area contributed by atoms with Crippen LogP contribution in [0, 0.1) is 0 Å². The Morgan fingerprint density at radius 1 is 0.909 bits per heavy atom. The third-order valence-electron chi connectivity index (χ3n) is 3.10. The van der Waals surface area contributed by atoms with Gasteiger partial charge < -0.3 is 30.3 Å². The van der Waals surface area contributed by atoms with Gasteiger partial charge in [-0.15, -0.1) is 0 Å². The van der Waals surface area contributed by atoms with E-state index in [1.165, 1.54) is 0 Å². The lowest BCUT2D eigenvalue weighted by Crippen LogP contribution is -2.38. The maximum Gasteiger partial charge on any atom is 0.0897 e. The smallest absolute Gasteiger partial charge is 0.0897 e. The van der Waals surface area contributed by atoms with Crippen molar-refractivity contribution in [2.75, 3.05) is 39.9 Å². The molecule has 0 aliphatic heterocycles. The van der Waals surface area contributed by atoms with Crippen molar-refractivity contribution in [3.05, 3.63) is 0 Å². The number of nitrogens with one attached hydrogen (secondary N) is 2. The molecule has 0 spiro atoms. The Morgan fingerprint density at radius 2 is 1.45 bits per heavy atom. The van der Waals surface area contributed by atoms with Gasteiger partial charge in [0, 0.05) is 13.1 Å². The molecule has 1 unspecified atom stereocenters. The molecular formula is C16H36N2O4. The van der Waals surface area contributed by atoms with E-state index in [-0.39, 0.29) is 11.2 Å². The zero-order valence-corrected chi connectivity index (χ0v) is 15.1. The van der Waals surface area contributed by atoms with Crippen molar-refractivity contribution in [3.8, 4) is 0 Å². The highest BCUT2D eigenvalue weighted by Gasteiger charge is 2.20. The van der Waals surface area contributed by atoms with Gasteiger partial charge in [0.25, 0.3) is 0 Å². The Morgan fingerprint density at radius 3 is 2.00 bits per heavy atom. The predicted molar refractivity (Wildman–Crippen MR) is 89.2 cm³/mol. The van der Waals surface area contributed by atoms with Crippen LogP contribution in [0.4, 0.5) is 0 Å². The minimum atomic E-state index is -0.513. The number of rotatable bonds is 12. The fourth-order valence-electron chi connectivity index (χ4n) is 1.75. The Balaban J connectivity index is 3.75. The van der Waals surface area contributed by atoms with E-state index in [1.807, 2.05) is 34.6 Å². The summed E-state index contributed by atoms with van der Waals surface area (Å²) in [6, 6.07) is 0. The van der Waals surface area contributed by atoms with Crippen LogP contribution >= 0.6 is 0 Å². The SMILES string of the molecule is CNC[C@@H](O)COC(C)(C)CCNCC(O)COC(C)(C)C. The van der Waals surface area contributed by atoms with Crippen molar-refractivity contribution >= 4 is 0 Å². The van der Waals surface area contributed by atoms with Crippen LogP contribution < -0.4 is 10.6 Å². The van der Waals surface area contributed by atoms with Crippen molar-refractivity contribution < 1.29 is 19.7 Å². The van der Waals surface area contributed by atoms with Crippen LogP contribution in [0.15, 0.2) is 0 Å². The number of aliphatic hydroxyl groups is 2. The molecule has 0 fully saturated rings. The predicted octanol–water partition coefficient (Wildman–Crippen LogP) is 0.518. The molecular weight excluding hydrogens is 284 g/mol. The number of hydrogen-bond donors (Lipinski definition) is 4. The quantitative estimate of drug-likeness (QED) is 0.392. The standard InChI is InChI=1S/C16H36N2O4/c1-15(2,3)21-11-14(20)10-18-8-7-16(4,5)22-12-13(19)9-17-6/h13-14,17-20H,7-12H2,1-6H3/t13-,14?/m1/s1. The Kier molecular flexibility index (Phi) is 10.4. The van der Waals surface area contributed by atoms with Gasteiger partial charge in [0.05, 0.1) is 36.6 Å². The first-order valence-corrected chi connectivity index (χ1v) is 8.05. The molecule has 0 aromatic heterocycles. The summed E-state index contributed by atoms with van der Waals surface area (Å²) < 4.78 is 11.3. The van der Waals surface area contributed by atoms with Crippen LogP contribution in [0.1, 0.15) is 41.0 Å². The molecule has 6 nitrogen and oxygen atoms in total. The van der Waals surface area contributed by atoms with E-state index < -0.39 is 12.2 Å². The highest BCUT2D eigenvalue weighted by molar-refractivity contribution is 4.72. The minimum absolute atomic E-state index is 0.231. The largest absolute Gasteiger partial charge is 0.389 e. The molecule has 0 rings (SSSR count). The zero-order chi connectivity index (χ0) is 17.2. The molecule has 0 aromatic rings. The van der Waals surface area contributed by atoms with E-state index >= 15 is 0 Å². The van der Waals surface area contributed by atoms with Crippen LogP contribution in [0.2, 0.25) is 0 Å². The van der Waals surface area contributed by atoms with Crippen LogP contribution in [0.25, 0.3) is 0 Å². The molecule has 134 valence electrons. The molecule has 0 aliphatic carbocycles. The van der Waals surface area contributed by atoms with Crippen molar-refractivity contribution in [2.24, 2.45) is 0 Å². The number of aliphatic hydroxyl groups excluding tert-OH is 2. The topological polar surface area (TPSA) is 83.0 Å². The van der Waals surface area contributed by atoms with E-state index in [2.05, 4.69) is 10.6 Å². The molecule has 0 saturated heterocycles. The summed E-state index contributed by atoms with van der Waals surface area (Å²) in [7, 11) is 1.80. The van der Waals surface area contributed by atoms with Gasteiger partial charge in [0.2, 0.25) is 0 Å². The summed E-state index contributed by atoms with van der Waals surface area (Å²) in [4.78, 5) is 0. The molecule has 0 aliphatic rings. The molecule has 0 radical (unpaired) electrons. The number of hydrogen-bond acceptors (Lipinski definition) is 6. The normalized spacial score (nSPS) is 15.8. The van der Waals surface area contributed by atoms with Crippen molar-refractivity contribution in [3.63, 3.8) is 0 Å². The molecule has 0 bridgehead atoms. The average Bonchev–Trinajstić information content (AvgIpc) is 2.39.